The Hall–Kier alpha value is -0.940. The molecule has 2 N–H and O–H groups in total. The molecular formula is C11H18N2O2S. The van der Waals surface area contributed by atoms with Gasteiger partial charge in [0.05, 0.1) is 12.6 Å². The molecule has 1 atom stereocenters. The first-order valence-electron chi connectivity index (χ1n) is 5.53. The summed E-state index contributed by atoms with van der Waals surface area (Å²) in [7, 11) is 0. The standard InChI is InChI=1S/C11H18N2O2S/c1-3-4-5-6-15-11(14)9-7-16-10(13-9)8(2)12/h7-8H,3-6,12H2,1-2H3. The monoisotopic (exact) mass is 242 g/mol. The van der Waals surface area contributed by atoms with Gasteiger partial charge in [-0.05, 0) is 13.3 Å². The van der Waals surface area contributed by atoms with Crippen LogP contribution in [0.1, 0.15) is 54.6 Å². The molecule has 5 heteroatoms. The van der Waals surface area contributed by atoms with E-state index in [1.165, 1.54) is 11.3 Å². The smallest absolute Gasteiger partial charge is 0.357 e. The van der Waals surface area contributed by atoms with Crippen LogP contribution >= 0.6 is 11.3 Å². The predicted octanol–water partition coefficient (Wildman–Crippen LogP) is 2.51. The molecule has 16 heavy (non-hydrogen) atoms. The lowest BCUT2D eigenvalue weighted by Gasteiger charge is -2.01. The number of nitrogens with zero attached hydrogens (tertiary/aromatic N) is 1. The second-order valence-corrected chi connectivity index (χ2v) is 4.59. The molecule has 0 spiro atoms. The number of unbranched alkanes of at least 4 members (excludes halogenated alkanes) is 2. The maximum atomic E-state index is 11.5. The fourth-order valence-corrected chi connectivity index (χ4v) is 1.93. The van der Waals surface area contributed by atoms with Crippen molar-refractivity contribution in [1.29, 1.82) is 0 Å². The minimum atomic E-state index is -0.348. The molecule has 0 radical (unpaired) electrons. The fourth-order valence-electron chi connectivity index (χ4n) is 1.18. The molecule has 0 amide bonds. The maximum absolute atomic E-state index is 11.5. The number of carbonyl (C=O) groups excluding carboxylic acids is 1. The molecule has 0 saturated heterocycles. The van der Waals surface area contributed by atoms with Crippen LogP contribution in [0.25, 0.3) is 0 Å². The van der Waals surface area contributed by atoms with Gasteiger partial charge in [-0.2, -0.15) is 0 Å². The number of carbonyl (C=O) groups is 1. The van der Waals surface area contributed by atoms with Crippen molar-refractivity contribution in [2.24, 2.45) is 5.73 Å². The average Bonchev–Trinajstić information content (AvgIpc) is 2.73. The Balaban J connectivity index is 2.40. The largest absolute Gasteiger partial charge is 0.461 e. The fraction of sp³-hybridized carbons (Fsp3) is 0.636. The van der Waals surface area contributed by atoms with Gasteiger partial charge in [-0.1, -0.05) is 19.8 Å². The van der Waals surface area contributed by atoms with Gasteiger partial charge in [-0.15, -0.1) is 11.3 Å². The van der Waals surface area contributed by atoms with Crippen LogP contribution in [0.15, 0.2) is 5.38 Å². The maximum Gasteiger partial charge on any atom is 0.357 e. The highest BCUT2D eigenvalue weighted by molar-refractivity contribution is 7.09. The summed E-state index contributed by atoms with van der Waals surface area (Å²) in [5.74, 6) is -0.348. The summed E-state index contributed by atoms with van der Waals surface area (Å²) in [5.41, 5.74) is 6.03. The minimum absolute atomic E-state index is 0.133. The molecule has 0 saturated carbocycles. The number of hydrogen-bond donors (Lipinski definition) is 1. The predicted molar refractivity (Wildman–Crippen MR) is 64.5 cm³/mol. The Morgan fingerprint density at radius 1 is 1.62 bits per heavy atom. The molecule has 0 fully saturated rings. The van der Waals surface area contributed by atoms with Crippen molar-refractivity contribution >= 4 is 17.3 Å². The first-order chi connectivity index (χ1) is 7.65. The third kappa shape index (κ3) is 3.90. The van der Waals surface area contributed by atoms with Gasteiger partial charge in [0.15, 0.2) is 5.69 Å². The zero-order valence-electron chi connectivity index (χ0n) is 9.73. The van der Waals surface area contributed by atoms with Gasteiger partial charge < -0.3 is 10.5 Å². The summed E-state index contributed by atoms with van der Waals surface area (Å²) in [4.78, 5) is 15.7. The van der Waals surface area contributed by atoms with Gasteiger partial charge in [-0.3, -0.25) is 0 Å². The minimum Gasteiger partial charge on any atom is -0.461 e. The highest BCUT2D eigenvalue weighted by Gasteiger charge is 2.13. The number of nitrogens with two attached hydrogens (primary N) is 1. The molecular weight excluding hydrogens is 224 g/mol. The van der Waals surface area contributed by atoms with Crippen LogP contribution in [0.4, 0.5) is 0 Å². The highest BCUT2D eigenvalue weighted by Crippen LogP contribution is 2.16. The van der Waals surface area contributed by atoms with E-state index in [1.807, 2.05) is 6.92 Å². The number of hydrogen-bond acceptors (Lipinski definition) is 5. The lowest BCUT2D eigenvalue weighted by Crippen LogP contribution is -2.09. The molecule has 1 aromatic heterocycles. The van der Waals surface area contributed by atoms with E-state index < -0.39 is 0 Å². The Labute approximate surface area is 99.8 Å². The molecule has 90 valence electrons. The van der Waals surface area contributed by atoms with Crippen molar-refractivity contribution in [3.05, 3.63) is 16.1 Å². The first kappa shape index (κ1) is 13.1. The zero-order valence-corrected chi connectivity index (χ0v) is 10.5. The average molecular weight is 242 g/mol. The first-order valence-corrected chi connectivity index (χ1v) is 6.41. The Morgan fingerprint density at radius 3 is 2.94 bits per heavy atom. The summed E-state index contributed by atoms with van der Waals surface area (Å²) in [6, 6.07) is -0.133. The van der Waals surface area contributed by atoms with Crippen LogP contribution in [-0.2, 0) is 4.74 Å². The second kappa shape index (κ2) is 6.60. The molecule has 0 aliphatic heterocycles. The summed E-state index contributed by atoms with van der Waals surface area (Å²) < 4.78 is 5.09. The van der Waals surface area contributed by atoms with E-state index in [1.54, 1.807) is 5.38 Å². The van der Waals surface area contributed by atoms with Crippen molar-refractivity contribution in [3.8, 4) is 0 Å². The lowest BCUT2D eigenvalue weighted by atomic mass is 10.3. The highest BCUT2D eigenvalue weighted by atomic mass is 32.1. The molecule has 1 rings (SSSR count). The van der Waals surface area contributed by atoms with Crippen molar-refractivity contribution in [2.75, 3.05) is 6.61 Å². The van der Waals surface area contributed by atoms with E-state index in [4.69, 9.17) is 10.5 Å². The van der Waals surface area contributed by atoms with Crippen molar-refractivity contribution in [2.45, 2.75) is 39.2 Å². The summed E-state index contributed by atoms with van der Waals surface area (Å²) in [5, 5.41) is 2.46. The van der Waals surface area contributed by atoms with Crippen LogP contribution in [0.3, 0.4) is 0 Å². The van der Waals surface area contributed by atoms with E-state index in [2.05, 4.69) is 11.9 Å². The molecule has 0 aliphatic carbocycles. The SMILES string of the molecule is CCCCCOC(=O)c1csc(C(C)N)n1. The number of ether oxygens (including phenoxy) is 1. The van der Waals surface area contributed by atoms with Crippen LogP contribution in [0.2, 0.25) is 0 Å². The van der Waals surface area contributed by atoms with Crippen LogP contribution in [0.5, 0.6) is 0 Å². The van der Waals surface area contributed by atoms with Crippen LogP contribution in [0, 0.1) is 0 Å². The van der Waals surface area contributed by atoms with Crippen molar-refractivity contribution in [3.63, 3.8) is 0 Å². The Kier molecular flexibility index (Phi) is 5.42. The second-order valence-electron chi connectivity index (χ2n) is 3.70. The van der Waals surface area contributed by atoms with Gasteiger partial charge in [0.1, 0.15) is 5.01 Å². The van der Waals surface area contributed by atoms with Gasteiger partial charge >= 0.3 is 5.97 Å². The molecule has 0 aliphatic rings. The van der Waals surface area contributed by atoms with Gasteiger partial charge in [0.25, 0.3) is 0 Å². The third-order valence-corrected chi connectivity index (χ3v) is 3.15. The number of rotatable bonds is 6. The number of esters is 1. The van der Waals surface area contributed by atoms with Gasteiger partial charge in [0.2, 0.25) is 0 Å². The van der Waals surface area contributed by atoms with E-state index in [-0.39, 0.29) is 12.0 Å². The van der Waals surface area contributed by atoms with Gasteiger partial charge in [0, 0.05) is 5.38 Å². The Morgan fingerprint density at radius 2 is 2.38 bits per heavy atom. The van der Waals surface area contributed by atoms with Gasteiger partial charge in [-0.25, -0.2) is 9.78 Å². The Bertz CT molecular complexity index is 336. The molecule has 0 aromatic carbocycles. The summed E-state index contributed by atoms with van der Waals surface area (Å²) in [6.07, 6.45) is 3.10. The lowest BCUT2D eigenvalue weighted by molar-refractivity contribution is 0.0492. The molecule has 1 aromatic rings. The molecule has 0 bridgehead atoms. The van der Waals surface area contributed by atoms with Crippen molar-refractivity contribution in [1.82, 2.24) is 4.98 Å². The van der Waals surface area contributed by atoms with E-state index in [9.17, 15) is 4.79 Å². The van der Waals surface area contributed by atoms with E-state index in [0.29, 0.717) is 12.3 Å². The quantitative estimate of drug-likeness (QED) is 0.615. The van der Waals surface area contributed by atoms with Crippen LogP contribution < -0.4 is 5.73 Å². The topological polar surface area (TPSA) is 65.2 Å². The zero-order chi connectivity index (χ0) is 12.0. The molecule has 1 heterocycles. The molecule has 1 unspecified atom stereocenters. The summed E-state index contributed by atoms with van der Waals surface area (Å²) >= 11 is 1.39. The number of thiazole rings is 1. The normalized spacial score (nSPS) is 12.4. The van der Waals surface area contributed by atoms with Crippen molar-refractivity contribution < 1.29 is 9.53 Å². The third-order valence-electron chi connectivity index (χ3n) is 2.10. The van der Waals surface area contributed by atoms with E-state index in [0.717, 1.165) is 24.3 Å². The van der Waals surface area contributed by atoms with Crippen LogP contribution in [-0.4, -0.2) is 17.6 Å². The summed E-state index contributed by atoms with van der Waals surface area (Å²) in [6.45, 7) is 4.42. The number of aromatic nitrogens is 1. The van der Waals surface area contributed by atoms with E-state index >= 15 is 0 Å². The molecule has 4 nitrogen and oxygen atoms in total.